The van der Waals surface area contributed by atoms with Crippen LogP contribution in [0.1, 0.15) is 18.7 Å². The number of likely N-dealkylation sites (N-methyl/N-ethyl adjacent to an activating group) is 1. The summed E-state index contributed by atoms with van der Waals surface area (Å²) in [5, 5.41) is 7.66. The van der Waals surface area contributed by atoms with Crippen LogP contribution in [-0.4, -0.2) is 52.4 Å². The van der Waals surface area contributed by atoms with Gasteiger partial charge < -0.3 is 10.2 Å². The lowest BCUT2D eigenvalue weighted by Gasteiger charge is -2.32. The van der Waals surface area contributed by atoms with Gasteiger partial charge in [-0.15, -0.1) is 0 Å². The zero-order chi connectivity index (χ0) is 11.4. The molecule has 0 bridgehead atoms. The third kappa shape index (κ3) is 3.02. The van der Waals surface area contributed by atoms with E-state index in [-0.39, 0.29) is 0 Å². The number of nitrogens with zero attached hydrogens (tertiary/aromatic N) is 4. The highest BCUT2D eigenvalue weighted by atomic mass is 15.3. The number of aromatic nitrogens is 3. The van der Waals surface area contributed by atoms with Gasteiger partial charge in [0.25, 0.3) is 0 Å². The Labute approximate surface area is 96.8 Å². The standard InChI is InChI=1S/C11H21N5/c1-12-10-4-3-6-16(8-10)7-5-11-13-9-15(2)14-11/h9-10,12H,3-8H2,1-2H3. The number of hydrogen-bond acceptors (Lipinski definition) is 4. The Bertz CT molecular complexity index is 322. The van der Waals surface area contributed by atoms with Gasteiger partial charge in [0.1, 0.15) is 6.33 Å². The maximum absolute atomic E-state index is 4.30. The zero-order valence-corrected chi connectivity index (χ0v) is 10.2. The first-order valence-electron chi connectivity index (χ1n) is 6.02. The summed E-state index contributed by atoms with van der Waals surface area (Å²) in [6.45, 7) is 3.44. The van der Waals surface area contributed by atoms with Gasteiger partial charge in [-0.1, -0.05) is 0 Å². The molecule has 2 rings (SSSR count). The van der Waals surface area contributed by atoms with Crippen molar-refractivity contribution in [2.24, 2.45) is 7.05 Å². The molecule has 0 saturated carbocycles. The maximum atomic E-state index is 4.30. The molecule has 1 unspecified atom stereocenters. The Hall–Kier alpha value is -0.940. The van der Waals surface area contributed by atoms with Gasteiger partial charge in [-0.05, 0) is 26.4 Å². The van der Waals surface area contributed by atoms with Crippen molar-refractivity contribution in [2.45, 2.75) is 25.3 Å². The largest absolute Gasteiger partial charge is 0.316 e. The molecule has 1 atom stereocenters. The Balaban J connectivity index is 1.77. The third-order valence-corrected chi connectivity index (χ3v) is 3.21. The monoisotopic (exact) mass is 223 g/mol. The average molecular weight is 223 g/mol. The van der Waals surface area contributed by atoms with E-state index in [2.05, 4.69) is 27.3 Å². The van der Waals surface area contributed by atoms with Crippen molar-refractivity contribution in [1.29, 1.82) is 0 Å². The molecule has 0 spiro atoms. The fourth-order valence-electron chi connectivity index (χ4n) is 2.25. The van der Waals surface area contributed by atoms with Gasteiger partial charge in [-0.25, -0.2) is 4.98 Å². The van der Waals surface area contributed by atoms with Crippen LogP contribution in [0.15, 0.2) is 6.33 Å². The van der Waals surface area contributed by atoms with E-state index in [1.165, 1.54) is 19.4 Å². The molecule has 5 nitrogen and oxygen atoms in total. The SMILES string of the molecule is CNC1CCCN(CCc2ncn(C)n2)C1. The van der Waals surface area contributed by atoms with Crippen LogP contribution in [0.25, 0.3) is 0 Å². The molecular formula is C11H21N5. The van der Waals surface area contributed by atoms with E-state index >= 15 is 0 Å². The summed E-state index contributed by atoms with van der Waals surface area (Å²) in [5.41, 5.74) is 0. The van der Waals surface area contributed by atoms with Gasteiger partial charge in [0.2, 0.25) is 0 Å². The van der Waals surface area contributed by atoms with E-state index in [1.54, 1.807) is 11.0 Å². The van der Waals surface area contributed by atoms with Gasteiger partial charge in [-0.3, -0.25) is 4.68 Å². The maximum Gasteiger partial charge on any atom is 0.151 e. The van der Waals surface area contributed by atoms with E-state index in [9.17, 15) is 0 Å². The molecule has 0 radical (unpaired) electrons. The summed E-state index contributed by atoms with van der Waals surface area (Å²) in [4.78, 5) is 6.75. The smallest absolute Gasteiger partial charge is 0.151 e. The van der Waals surface area contributed by atoms with Gasteiger partial charge in [0, 0.05) is 32.6 Å². The predicted octanol–water partition coefficient (Wildman–Crippen LogP) is 0.0414. The van der Waals surface area contributed by atoms with Crippen LogP contribution >= 0.6 is 0 Å². The first-order chi connectivity index (χ1) is 7.78. The minimum absolute atomic E-state index is 0.658. The number of rotatable bonds is 4. The second-order valence-electron chi connectivity index (χ2n) is 4.51. The van der Waals surface area contributed by atoms with Crippen molar-refractivity contribution in [3.8, 4) is 0 Å². The molecule has 1 aliphatic rings. The number of piperidine rings is 1. The number of hydrogen-bond donors (Lipinski definition) is 1. The second kappa shape index (κ2) is 5.41. The molecule has 1 aromatic heterocycles. The van der Waals surface area contributed by atoms with Crippen molar-refractivity contribution in [1.82, 2.24) is 25.0 Å². The minimum atomic E-state index is 0.658. The van der Waals surface area contributed by atoms with Crippen LogP contribution in [0, 0.1) is 0 Å². The van der Waals surface area contributed by atoms with Crippen LogP contribution in [0.4, 0.5) is 0 Å². The lowest BCUT2D eigenvalue weighted by Crippen LogP contribution is -2.45. The van der Waals surface area contributed by atoms with Gasteiger partial charge in [-0.2, -0.15) is 5.10 Å². The first kappa shape index (κ1) is 11.5. The summed E-state index contributed by atoms with van der Waals surface area (Å²) < 4.78 is 1.77. The normalized spacial score (nSPS) is 22.5. The van der Waals surface area contributed by atoms with E-state index < -0.39 is 0 Å². The first-order valence-corrected chi connectivity index (χ1v) is 6.02. The average Bonchev–Trinajstić information content (AvgIpc) is 2.73. The topological polar surface area (TPSA) is 46.0 Å². The fourth-order valence-corrected chi connectivity index (χ4v) is 2.25. The Morgan fingerprint density at radius 3 is 3.12 bits per heavy atom. The lowest BCUT2D eigenvalue weighted by atomic mass is 10.1. The summed E-state index contributed by atoms with van der Waals surface area (Å²) in [6.07, 6.45) is 5.31. The molecule has 16 heavy (non-hydrogen) atoms. The summed E-state index contributed by atoms with van der Waals surface area (Å²) >= 11 is 0. The highest BCUT2D eigenvalue weighted by Gasteiger charge is 2.18. The summed E-state index contributed by atoms with van der Waals surface area (Å²) in [5.74, 6) is 0.953. The highest BCUT2D eigenvalue weighted by molar-refractivity contribution is 4.84. The highest BCUT2D eigenvalue weighted by Crippen LogP contribution is 2.09. The predicted molar refractivity (Wildman–Crippen MR) is 63.2 cm³/mol. The Kier molecular flexibility index (Phi) is 3.90. The van der Waals surface area contributed by atoms with E-state index in [0.29, 0.717) is 6.04 Å². The van der Waals surface area contributed by atoms with Crippen molar-refractivity contribution in [3.05, 3.63) is 12.2 Å². The van der Waals surface area contributed by atoms with Crippen LogP contribution in [0.3, 0.4) is 0 Å². The van der Waals surface area contributed by atoms with Crippen LogP contribution in [0.2, 0.25) is 0 Å². The molecule has 1 N–H and O–H groups in total. The Morgan fingerprint density at radius 1 is 1.56 bits per heavy atom. The minimum Gasteiger partial charge on any atom is -0.316 e. The molecule has 2 heterocycles. The molecule has 1 aromatic rings. The molecule has 1 saturated heterocycles. The number of likely N-dealkylation sites (tertiary alicyclic amines) is 1. The van der Waals surface area contributed by atoms with Crippen LogP contribution in [0.5, 0.6) is 0 Å². The number of nitrogens with one attached hydrogen (secondary N) is 1. The summed E-state index contributed by atoms with van der Waals surface area (Å²) in [7, 11) is 3.96. The van der Waals surface area contributed by atoms with E-state index in [4.69, 9.17) is 0 Å². The second-order valence-corrected chi connectivity index (χ2v) is 4.51. The van der Waals surface area contributed by atoms with Crippen molar-refractivity contribution in [2.75, 3.05) is 26.7 Å². The molecule has 0 aliphatic carbocycles. The van der Waals surface area contributed by atoms with Crippen LogP contribution in [-0.2, 0) is 13.5 Å². The quantitative estimate of drug-likeness (QED) is 0.783. The van der Waals surface area contributed by atoms with Crippen LogP contribution < -0.4 is 5.32 Å². The fraction of sp³-hybridized carbons (Fsp3) is 0.818. The summed E-state index contributed by atoms with van der Waals surface area (Å²) in [6, 6.07) is 0.658. The lowest BCUT2D eigenvalue weighted by molar-refractivity contribution is 0.196. The van der Waals surface area contributed by atoms with E-state index in [1.807, 2.05) is 7.05 Å². The van der Waals surface area contributed by atoms with Crippen molar-refractivity contribution < 1.29 is 0 Å². The molecule has 90 valence electrons. The molecule has 0 amide bonds. The molecule has 1 fully saturated rings. The van der Waals surface area contributed by atoms with E-state index in [0.717, 1.165) is 25.3 Å². The molecular weight excluding hydrogens is 202 g/mol. The van der Waals surface area contributed by atoms with Gasteiger partial charge in [0.15, 0.2) is 5.82 Å². The number of aryl methyl sites for hydroxylation is 1. The molecule has 0 aromatic carbocycles. The van der Waals surface area contributed by atoms with Crippen molar-refractivity contribution >= 4 is 0 Å². The Morgan fingerprint density at radius 2 is 2.44 bits per heavy atom. The zero-order valence-electron chi connectivity index (χ0n) is 10.2. The molecule has 5 heteroatoms. The van der Waals surface area contributed by atoms with Gasteiger partial charge >= 0.3 is 0 Å². The molecule has 1 aliphatic heterocycles. The van der Waals surface area contributed by atoms with Gasteiger partial charge in [0.05, 0.1) is 0 Å². The third-order valence-electron chi connectivity index (χ3n) is 3.21. The van der Waals surface area contributed by atoms with Crippen molar-refractivity contribution in [3.63, 3.8) is 0 Å².